The Balaban J connectivity index is 2.25. The van der Waals surface area contributed by atoms with Gasteiger partial charge in [-0.2, -0.15) is 0 Å². The number of nitrogens with zero attached hydrogens (tertiary/aromatic N) is 2. The van der Waals surface area contributed by atoms with Gasteiger partial charge in [0.1, 0.15) is 11.5 Å². The monoisotopic (exact) mass is 454 g/mol. The van der Waals surface area contributed by atoms with Gasteiger partial charge >= 0.3 is 0 Å². The predicted octanol–water partition coefficient (Wildman–Crippen LogP) is 3.00. The van der Waals surface area contributed by atoms with E-state index in [9.17, 15) is 14.7 Å². The molecule has 1 fully saturated rings. The number of carbonyl (C=O) groups excluding carboxylic acids is 2. The number of methoxy groups -OCH3 is 3. The molecule has 0 bridgehead atoms. The van der Waals surface area contributed by atoms with Gasteiger partial charge in [0.25, 0.3) is 11.7 Å². The molecule has 1 aliphatic rings. The van der Waals surface area contributed by atoms with Gasteiger partial charge in [-0.05, 0) is 50.8 Å². The Morgan fingerprint density at radius 3 is 2.30 bits per heavy atom. The summed E-state index contributed by atoms with van der Waals surface area (Å²) in [4.78, 5) is 29.7. The van der Waals surface area contributed by atoms with Gasteiger partial charge < -0.3 is 29.1 Å². The van der Waals surface area contributed by atoms with Crippen molar-refractivity contribution in [2.24, 2.45) is 0 Å². The maximum absolute atomic E-state index is 13.2. The first kappa shape index (κ1) is 24.1. The highest BCUT2D eigenvalue weighted by molar-refractivity contribution is 6.46. The number of ether oxygens (including phenoxy) is 3. The molecule has 1 atom stereocenters. The minimum Gasteiger partial charge on any atom is -0.507 e. The Kier molecular flexibility index (Phi) is 7.28. The fourth-order valence-corrected chi connectivity index (χ4v) is 4.05. The molecule has 0 aromatic heterocycles. The SMILES string of the molecule is COc1ccc(C(O)=C2C(=O)C(=O)N(CCN(C)C)C2c2cccc(OC)c2OC)cc1C. The lowest BCUT2D eigenvalue weighted by molar-refractivity contribution is -0.140. The number of likely N-dealkylation sites (N-methyl/N-ethyl adjacent to an activating group) is 1. The third kappa shape index (κ3) is 4.52. The van der Waals surface area contributed by atoms with Crippen LogP contribution in [0.1, 0.15) is 22.7 Å². The van der Waals surface area contributed by atoms with E-state index in [1.807, 2.05) is 25.9 Å². The molecule has 8 heteroatoms. The van der Waals surface area contributed by atoms with E-state index >= 15 is 0 Å². The Morgan fingerprint density at radius 2 is 1.73 bits per heavy atom. The number of aliphatic hydroxyl groups is 1. The van der Waals surface area contributed by atoms with Crippen molar-refractivity contribution < 1.29 is 28.9 Å². The molecule has 1 heterocycles. The van der Waals surface area contributed by atoms with Crippen molar-refractivity contribution in [1.82, 2.24) is 9.80 Å². The van der Waals surface area contributed by atoms with Crippen molar-refractivity contribution >= 4 is 17.4 Å². The molecule has 0 aliphatic carbocycles. The van der Waals surface area contributed by atoms with Gasteiger partial charge in [0.15, 0.2) is 11.5 Å². The molecule has 3 rings (SSSR count). The third-order valence-electron chi connectivity index (χ3n) is 5.72. The summed E-state index contributed by atoms with van der Waals surface area (Å²) in [5, 5.41) is 11.3. The first-order valence-corrected chi connectivity index (χ1v) is 10.5. The quantitative estimate of drug-likeness (QED) is 0.373. The highest BCUT2D eigenvalue weighted by atomic mass is 16.5. The second-order valence-corrected chi connectivity index (χ2v) is 8.06. The molecule has 2 aromatic carbocycles. The van der Waals surface area contributed by atoms with Gasteiger partial charge in [-0.15, -0.1) is 0 Å². The number of benzene rings is 2. The summed E-state index contributed by atoms with van der Waals surface area (Å²) in [5.74, 6) is -0.134. The van der Waals surface area contributed by atoms with E-state index in [0.717, 1.165) is 5.56 Å². The van der Waals surface area contributed by atoms with Crippen LogP contribution in [0.4, 0.5) is 0 Å². The maximum atomic E-state index is 13.2. The Bertz CT molecular complexity index is 1090. The summed E-state index contributed by atoms with van der Waals surface area (Å²) in [7, 11) is 8.36. The van der Waals surface area contributed by atoms with Crippen molar-refractivity contribution in [3.63, 3.8) is 0 Å². The topological polar surface area (TPSA) is 88.5 Å². The molecule has 176 valence electrons. The summed E-state index contributed by atoms with van der Waals surface area (Å²) in [6.45, 7) is 2.67. The minimum absolute atomic E-state index is 0.00914. The maximum Gasteiger partial charge on any atom is 0.295 e. The van der Waals surface area contributed by atoms with Crippen molar-refractivity contribution in [3.05, 3.63) is 58.7 Å². The van der Waals surface area contributed by atoms with Crippen LogP contribution in [0.5, 0.6) is 17.2 Å². The number of carbonyl (C=O) groups is 2. The molecule has 0 radical (unpaired) electrons. The van der Waals surface area contributed by atoms with Gasteiger partial charge in [0, 0.05) is 24.2 Å². The Hall–Kier alpha value is -3.52. The second kappa shape index (κ2) is 9.95. The van der Waals surface area contributed by atoms with E-state index in [-0.39, 0.29) is 11.3 Å². The molecule has 1 aliphatic heterocycles. The summed E-state index contributed by atoms with van der Waals surface area (Å²) < 4.78 is 16.3. The molecular weight excluding hydrogens is 424 g/mol. The van der Waals surface area contributed by atoms with Gasteiger partial charge in [-0.25, -0.2) is 0 Å². The zero-order chi connectivity index (χ0) is 24.3. The number of hydrogen-bond donors (Lipinski definition) is 1. The number of aryl methyl sites for hydroxylation is 1. The van der Waals surface area contributed by atoms with Crippen LogP contribution in [-0.2, 0) is 9.59 Å². The fourth-order valence-electron chi connectivity index (χ4n) is 4.05. The average Bonchev–Trinajstić information content (AvgIpc) is 3.06. The van der Waals surface area contributed by atoms with Crippen LogP contribution in [0.3, 0.4) is 0 Å². The molecule has 8 nitrogen and oxygen atoms in total. The molecule has 0 saturated carbocycles. The zero-order valence-electron chi connectivity index (χ0n) is 19.8. The number of Topliss-reactive ketones (excluding diaryl/α,β-unsaturated/α-hetero) is 1. The van der Waals surface area contributed by atoms with E-state index in [0.29, 0.717) is 41.5 Å². The summed E-state index contributed by atoms with van der Waals surface area (Å²) in [6, 6.07) is 9.54. The van der Waals surface area contributed by atoms with Crippen LogP contribution in [0, 0.1) is 6.92 Å². The minimum atomic E-state index is -0.836. The van der Waals surface area contributed by atoms with E-state index in [2.05, 4.69) is 0 Å². The lowest BCUT2D eigenvalue weighted by Crippen LogP contribution is -2.35. The number of aliphatic hydroxyl groups excluding tert-OH is 1. The van der Waals surface area contributed by atoms with Gasteiger partial charge in [0.05, 0.1) is 32.9 Å². The highest BCUT2D eigenvalue weighted by Crippen LogP contribution is 2.45. The molecular formula is C25H30N2O6. The number of ketones is 1. The van der Waals surface area contributed by atoms with E-state index < -0.39 is 17.7 Å². The van der Waals surface area contributed by atoms with E-state index in [4.69, 9.17) is 14.2 Å². The largest absolute Gasteiger partial charge is 0.507 e. The summed E-state index contributed by atoms with van der Waals surface area (Å²) >= 11 is 0. The molecule has 1 saturated heterocycles. The molecule has 0 spiro atoms. The molecule has 1 N–H and O–H groups in total. The molecule has 1 amide bonds. The third-order valence-corrected chi connectivity index (χ3v) is 5.72. The van der Waals surface area contributed by atoms with E-state index in [1.165, 1.54) is 19.1 Å². The first-order valence-electron chi connectivity index (χ1n) is 10.5. The number of rotatable bonds is 8. The number of likely N-dealkylation sites (tertiary alicyclic amines) is 1. The van der Waals surface area contributed by atoms with Crippen LogP contribution >= 0.6 is 0 Å². The van der Waals surface area contributed by atoms with E-state index in [1.54, 1.807) is 43.5 Å². The zero-order valence-corrected chi connectivity index (χ0v) is 19.8. The smallest absolute Gasteiger partial charge is 0.295 e. The second-order valence-electron chi connectivity index (χ2n) is 8.06. The summed E-state index contributed by atoms with van der Waals surface area (Å²) in [5.41, 5.74) is 1.78. The Morgan fingerprint density at radius 1 is 1.03 bits per heavy atom. The molecule has 2 aromatic rings. The van der Waals surface area contributed by atoms with Crippen molar-refractivity contribution in [2.75, 3.05) is 48.5 Å². The average molecular weight is 455 g/mol. The Labute approximate surface area is 194 Å². The van der Waals surface area contributed by atoms with Crippen LogP contribution in [0.2, 0.25) is 0 Å². The van der Waals surface area contributed by atoms with Crippen LogP contribution in [0.15, 0.2) is 42.0 Å². The van der Waals surface area contributed by atoms with Crippen molar-refractivity contribution in [3.8, 4) is 17.2 Å². The fraction of sp³-hybridized carbons (Fsp3) is 0.360. The first-order chi connectivity index (χ1) is 15.7. The predicted molar refractivity (Wildman–Crippen MR) is 125 cm³/mol. The number of hydrogen-bond acceptors (Lipinski definition) is 7. The van der Waals surface area contributed by atoms with Gasteiger partial charge in [0.2, 0.25) is 0 Å². The van der Waals surface area contributed by atoms with Crippen molar-refractivity contribution in [1.29, 1.82) is 0 Å². The standard InChI is InChI=1S/C25H30N2O6/c1-15-14-16(10-11-18(15)31-4)22(28)20-21(17-8-7-9-19(32-5)24(17)33-6)27(13-12-26(2)3)25(30)23(20)29/h7-11,14,21,28H,12-13H2,1-6H3. The summed E-state index contributed by atoms with van der Waals surface area (Å²) in [6.07, 6.45) is 0. The molecule has 1 unspecified atom stereocenters. The number of amides is 1. The highest BCUT2D eigenvalue weighted by Gasteiger charge is 2.47. The van der Waals surface area contributed by atoms with Crippen molar-refractivity contribution in [2.45, 2.75) is 13.0 Å². The van der Waals surface area contributed by atoms with Crippen LogP contribution in [0.25, 0.3) is 5.76 Å². The van der Waals surface area contributed by atoms with Gasteiger partial charge in [-0.1, -0.05) is 12.1 Å². The normalized spacial score (nSPS) is 17.5. The van der Waals surface area contributed by atoms with Gasteiger partial charge in [-0.3, -0.25) is 9.59 Å². The van der Waals surface area contributed by atoms with Crippen LogP contribution in [-0.4, -0.2) is 75.1 Å². The van der Waals surface area contributed by atoms with Crippen LogP contribution < -0.4 is 14.2 Å². The lowest BCUT2D eigenvalue weighted by atomic mass is 9.94. The number of para-hydroxylation sites is 1. The lowest BCUT2D eigenvalue weighted by Gasteiger charge is -2.28. The molecule has 33 heavy (non-hydrogen) atoms.